The number of nitrogens with zero attached hydrogens (tertiary/aromatic N) is 6. The summed E-state index contributed by atoms with van der Waals surface area (Å²) in [6, 6.07) is 5.87. The lowest BCUT2D eigenvalue weighted by molar-refractivity contribution is 0.0253. The quantitative estimate of drug-likeness (QED) is 0.668. The number of aliphatic hydroxyl groups is 1. The zero-order valence-corrected chi connectivity index (χ0v) is 21.5. The first-order valence-corrected chi connectivity index (χ1v) is 12.3. The molecule has 2 aliphatic heterocycles. The number of ether oxygens (including phenoxy) is 2. The number of likely N-dealkylation sites (tertiary alicyclic amines) is 1. The summed E-state index contributed by atoms with van der Waals surface area (Å²) in [5.74, 6) is 0.583. The number of carbonyl (C=O) groups is 1. The van der Waals surface area contributed by atoms with Crippen molar-refractivity contribution in [2.75, 3.05) is 50.9 Å². The fraction of sp³-hybridized carbons (Fsp3) is 0.577. The van der Waals surface area contributed by atoms with Crippen molar-refractivity contribution in [1.82, 2.24) is 19.9 Å². The summed E-state index contributed by atoms with van der Waals surface area (Å²) in [4.78, 5) is 30.4. The fourth-order valence-corrected chi connectivity index (χ4v) is 4.54. The molecule has 0 spiro atoms. The van der Waals surface area contributed by atoms with Gasteiger partial charge in [-0.25, -0.2) is 14.8 Å². The van der Waals surface area contributed by atoms with E-state index in [0.29, 0.717) is 75.1 Å². The molecule has 0 aliphatic carbocycles. The average Bonchev–Trinajstić information content (AvgIpc) is 3.28. The lowest BCUT2D eigenvalue weighted by Gasteiger charge is -2.30. The molecule has 192 valence electrons. The Hall–Kier alpha value is -3.29. The van der Waals surface area contributed by atoms with Gasteiger partial charge >= 0.3 is 6.09 Å². The molecule has 2 aromatic heterocycles. The second kappa shape index (κ2) is 10.4. The van der Waals surface area contributed by atoms with E-state index in [4.69, 9.17) is 19.4 Å². The number of nitriles is 1. The second-order valence-electron chi connectivity index (χ2n) is 10.6. The van der Waals surface area contributed by atoms with Crippen molar-refractivity contribution in [2.45, 2.75) is 46.1 Å². The van der Waals surface area contributed by atoms with Crippen LogP contribution in [0.3, 0.4) is 0 Å². The molecule has 0 saturated carbocycles. The van der Waals surface area contributed by atoms with Crippen LogP contribution < -0.4 is 4.90 Å². The zero-order valence-electron chi connectivity index (χ0n) is 21.5. The molecule has 4 rings (SSSR count). The van der Waals surface area contributed by atoms with E-state index < -0.39 is 11.0 Å². The molecule has 2 saturated heterocycles. The number of carbonyl (C=O) groups excluding carboxylic acids is 1. The molecule has 1 N–H and O–H groups in total. The van der Waals surface area contributed by atoms with Crippen molar-refractivity contribution in [3.63, 3.8) is 0 Å². The van der Waals surface area contributed by atoms with Gasteiger partial charge in [-0.15, -0.1) is 0 Å². The van der Waals surface area contributed by atoms with Crippen molar-refractivity contribution < 1.29 is 19.4 Å². The molecule has 4 heterocycles. The Morgan fingerprint density at radius 3 is 2.67 bits per heavy atom. The minimum Gasteiger partial charge on any atom is -0.444 e. The third kappa shape index (κ3) is 5.91. The molecule has 0 aromatic carbocycles. The van der Waals surface area contributed by atoms with Crippen LogP contribution in [-0.2, 0) is 15.9 Å². The summed E-state index contributed by atoms with van der Waals surface area (Å²) in [7, 11) is 0. The SMILES string of the molecule is Cc1ncc(-c2cc(C[C@@]3(CO)CCN(C(=O)OC(C)(C)C)C3)nc(N3CCOCC3)n2)cc1C#N. The lowest BCUT2D eigenvalue weighted by atomic mass is 9.83. The predicted octanol–water partition coefficient (Wildman–Crippen LogP) is 2.72. The molecule has 1 atom stereocenters. The Labute approximate surface area is 211 Å². The summed E-state index contributed by atoms with van der Waals surface area (Å²) < 4.78 is 11.0. The fourth-order valence-electron chi connectivity index (χ4n) is 4.54. The van der Waals surface area contributed by atoms with Gasteiger partial charge in [-0.3, -0.25) is 4.98 Å². The Balaban J connectivity index is 1.65. The van der Waals surface area contributed by atoms with Crippen molar-refractivity contribution in [3.8, 4) is 17.3 Å². The number of aliphatic hydroxyl groups excluding tert-OH is 1. The highest BCUT2D eigenvalue weighted by molar-refractivity contribution is 5.68. The van der Waals surface area contributed by atoms with E-state index in [-0.39, 0.29) is 12.7 Å². The summed E-state index contributed by atoms with van der Waals surface area (Å²) in [5.41, 5.74) is 2.21. The monoisotopic (exact) mass is 494 g/mol. The van der Waals surface area contributed by atoms with Crippen LogP contribution in [0.5, 0.6) is 0 Å². The molecular formula is C26H34N6O4. The maximum atomic E-state index is 12.6. The van der Waals surface area contributed by atoms with Crippen LogP contribution in [0.15, 0.2) is 18.3 Å². The van der Waals surface area contributed by atoms with E-state index in [1.165, 1.54) is 0 Å². The molecule has 2 aromatic rings. The molecular weight excluding hydrogens is 460 g/mol. The maximum Gasteiger partial charge on any atom is 0.410 e. The Morgan fingerprint density at radius 1 is 1.25 bits per heavy atom. The number of hydrogen-bond acceptors (Lipinski definition) is 9. The number of aryl methyl sites for hydroxylation is 1. The highest BCUT2D eigenvalue weighted by Gasteiger charge is 2.41. The Bertz CT molecular complexity index is 1150. The van der Waals surface area contributed by atoms with Gasteiger partial charge in [-0.2, -0.15) is 5.26 Å². The van der Waals surface area contributed by atoms with Crippen molar-refractivity contribution in [3.05, 3.63) is 35.3 Å². The molecule has 2 aliphatic rings. The molecule has 2 fully saturated rings. The van der Waals surface area contributed by atoms with Gasteiger partial charge in [0.25, 0.3) is 0 Å². The number of morpholine rings is 1. The summed E-state index contributed by atoms with van der Waals surface area (Å²) in [6.07, 6.45) is 2.46. The van der Waals surface area contributed by atoms with E-state index in [1.807, 2.05) is 26.8 Å². The van der Waals surface area contributed by atoms with Crippen LogP contribution in [-0.4, -0.2) is 82.7 Å². The number of anilines is 1. The summed E-state index contributed by atoms with van der Waals surface area (Å²) in [6.45, 7) is 10.7. The maximum absolute atomic E-state index is 12.6. The standard InChI is InChI=1S/C26H34N6O4/c1-18-19(14-27)11-20(15-28-18)22-12-21(29-23(30-22)31-7-9-35-10-8-31)13-26(17-33)5-6-32(16-26)24(34)36-25(2,3)4/h11-12,15,33H,5-10,13,16-17H2,1-4H3/t26-/m0/s1. The molecule has 10 heteroatoms. The number of pyridine rings is 1. The highest BCUT2D eigenvalue weighted by Crippen LogP contribution is 2.35. The van der Waals surface area contributed by atoms with Crippen LogP contribution in [0.2, 0.25) is 0 Å². The van der Waals surface area contributed by atoms with Crippen LogP contribution in [0.4, 0.5) is 10.7 Å². The van der Waals surface area contributed by atoms with Crippen LogP contribution >= 0.6 is 0 Å². The van der Waals surface area contributed by atoms with E-state index in [1.54, 1.807) is 24.1 Å². The van der Waals surface area contributed by atoms with Gasteiger partial charge in [0.15, 0.2) is 0 Å². The van der Waals surface area contributed by atoms with Gasteiger partial charge in [0.2, 0.25) is 5.95 Å². The van der Waals surface area contributed by atoms with Gasteiger partial charge in [0.05, 0.1) is 36.8 Å². The third-order valence-corrected chi connectivity index (χ3v) is 6.55. The first-order valence-electron chi connectivity index (χ1n) is 12.3. The van der Waals surface area contributed by atoms with Crippen molar-refractivity contribution in [2.24, 2.45) is 5.41 Å². The van der Waals surface area contributed by atoms with Gasteiger partial charge in [-0.05, 0) is 52.7 Å². The molecule has 0 unspecified atom stereocenters. The molecule has 1 amide bonds. The third-order valence-electron chi connectivity index (χ3n) is 6.55. The largest absolute Gasteiger partial charge is 0.444 e. The number of rotatable bonds is 5. The van der Waals surface area contributed by atoms with Crippen LogP contribution in [0, 0.1) is 23.7 Å². The van der Waals surface area contributed by atoms with Gasteiger partial charge < -0.3 is 24.4 Å². The van der Waals surface area contributed by atoms with Crippen LogP contribution in [0.25, 0.3) is 11.3 Å². The Kier molecular flexibility index (Phi) is 7.43. The lowest BCUT2D eigenvalue weighted by Crippen LogP contribution is -2.39. The Morgan fingerprint density at radius 2 is 2.00 bits per heavy atom. The second-order valence-corrected chi connectivity index (χ2v) is 10.6. The minimum atomic E-state index is -0.583. The number of amides is 1. The van der Waals surface area contributed by atoms with Gasteiger partial charge in [0.1, 0.15) is 11.7 Å². The first-order chi connectivity index (χ1) is 17.1. The highest BCUT2D eigenvalue weighted by atomic mass is 16.6. The zero-order chi connectivity index (χ0) is 25.9. The first kappa shape index (κ1) is 25.8. The minimum absolute atomic E-state index is 0.0802. The molecule has 36 heavy (non-hydrogen) atoms. The van der Waals surface area contributed by atoms with Crippen molar-refractivity contribution in [1.29, 1.82) is 5.26 Å². The van der Waals surface area contributed by atoms with E-state index in [2.05, 4.69) is 16.0 Å². The van der Waals surface area contributed by atoms with Gasteiger partial charge in [-0.1, -0.05) is 0 Å². The molecule has 10 nitrogen and oxygen atoms in total. The van der Waals surface area contributed by atoms with E-state index in [0.717, 1.165) is 11.3 Å². The van der Waals surface area contributed by atoms with E-state index in [9.17, 15) is 15.2 Å². The number of hydrogen-bond donors (Lipinski definition) is 1. The van der Waals surface area contributed by atoms with Crippen LogP contribution in [0.1, 0.15) is 44.1 Å². The summed E-state index contributed by atoms with van der Waals surface area (Å²) >= 11 is 0. The number of aromatic nitrogens is 3. The predicted molar refractivity (Wildman–Crippen MR) is 133 cm³/mol. The molecule has 0 radical (unpaired) electrons. The van der Waals surface area contributed by atoms with E-state index >= 15 is 0 Å². The van der Waals surface area contributed by atoms with Crippen molar-refractivity contribution >= 4 is 12.0 Å². The summed E-state index contributed by atoms with van der Waals surface area (Å²) in [5, 5.41) is 19.9. The molecule has 0 bridgehead atoms. The topological polar surface area (TPSA) is 125 Å². The normalized spacial score (nSPS) is 20.3. The smallest absolute Gasteiger partial charge is 0.410 e. The average molecular weight is 495 g/mol. The van der Waals surface area contributed by atoms with Gasteiger partial charge in [0, 0.05) is 49.0 Å².